The molecule has 0 aromatic heterocycles. The number of amides is 1. The molecule has 0 fully saturated rings. The summed E-state index contributed by atoms with van der Waals surface area (Å²) in [5.74, 6) is -1.49. The number of hydrogen-bond acceptors (Lipinski definition) is 2. The quantitative estimate of drug-likeness (QED) is 0.926. The van der Waals surface area contributed by atoms with Crippen molar-refractivity contribution in [2.24, 2.45) is 5.73 Å². The lowest BCUT2D eigenvalue weighted by Crippen LogP contribution is -2.11. The molecule has 1 amide bonds. The molecule has 0 spiro atoms. The molecule has 0 atom stereocenters. The number of halogens is 3. The highest BCUT2D eigenvalue weighted by molar-refractivity contribution is 9.10. The summed E-state index contributed by atoms with van der Waals surface area (Å²) in [4.78, 5) is 10.9. The van der Waals surface area contributed by atoms with Gasteiger partial charge in [0.25, 0.3) is 0 Å². The van der Waals surface area contributed by atoms with E-state index in [4.69, 9.17) is 10.5 Å². The van der Waals surface area contributed by atoms with Gasteiger partial charge in [-0.3, -0.25) is 4.79 Å². The molecule has 2 aromatic carbocycles. The van der Waals surface area contributed by atoms with E-state index in [1.165, 1.54) is 30.3 Å². The summed E-state index contributed by atoms with van der Waals surface area (Å²) in [6, 6.07) is 7.82. The van der Waals surface area contributed by atoms with Crippen molar-refractivity contribution < 1.29 is 18.3 Å². The van der Waals surface area contributed by atoms with Gasteiger partial charge >= 0.3 is 0 Å². The molecular formula is C14H10BrF2NO2. The second-order valence-corrected chi connectivity index (χ2v) is 4.89. The lowest BCUT2D eigenvalue weighted by atomic mass is 10.1. The lowest BCUT2D eigenvalue weighted by Gasteiger charge is -2.09. The number of nitrogens with two attached hydrogens (primary N) is 1. The smallest absolute Gasteiger partial charge is 0.248 e. The van der Waals surface area contributed by atoms with Crippen LogP contribution in [0, 0.1) is 11.6 Å². The van der Waals surface area contributed by atoms with Crippen LogP contribution in [0.15, 0.2) is 40.9 Å². The Bertz CT molecular complexity index is 662. The third kappa shape index (κ3) is 3.33. The Labute approximate surface area is 122 Å². The maximum atomic E-state index is 13.7. The molecule has 0 aliphatic heterocycles. The van der Waals surface area contributed by atoms with Gasteiger partial charge in [0.05, 0.1) is 4.47 Å². The summed E-state index contributed by atoms with van der Waals surface area (Å²) >= 11 is 3.21. The van der Waals surface area contributed by atoms with Crippen molar-refractivity contribution in [3.8, 4) is 5.75 Å². The van der Waals surface area contributed by atoms with E-state index >= 15 is 0 Å². The van der Waals surface area contributed by atoms with E-state index in [9.17, 15) is 13.6 Å². The van der Waals surface area contributed by atoms with Crippen molar-refractivity contribution in [3.05, 3.63) is 63.6 Å². The van der Waals surface area contributed by atoms with Crippen molar-refractivity contribution in [3.63, 3.8) is 0 Å². The van der Waals surface area contributed by atoms with Gasteiger partial charge in [-0.1, -0.05) is 6.07 Å². The second-order valence-electron chi connectivity index (χ2n) is 4.03. The minimum atomic E-state index is -0.704. The first kappa shape index (κ1) is 14.5. The third-order valence-electron chi connectivity index (χ3n) is 2.61. The molecule has 0 unspecified atom stereocenters. The minimum absolute atomic E-state index is 0.0817. The summed E-state index contributed by atoms with van der Waals surface area (Å²) in [7, 11) is 0. The molecule has 2 rings (SSSR count). The minimum Gasteiger partial charge on any atom is -0.488 e. The fourth-order valence-electron chi connectivity index (χ4n) is 1.56. The van der Waals surface area contributed by atoms with E-state index in [-0.39, 0.29) is 23.5 Å². The Morgan fingerprint density at radius 3 is 2.60 bits per heavy atom. The molecule has 0 aliphatic carbocycles. The Balaban J connectivity index is 2.15. The maximum absolute atomic E-state index is 13.7. The molecule has 0 heterocycles. The predicted molar refractivity (Wildman–Crippen MR) is 73.3 cm³/mol. The van der Waals surface area contributed by atoms with Gasteiger partial charge in [0.15, 0.2) is 0 Å². The highest BCUT2D eigenvalue weighted by Crippen LogP contribution is 2.26. The largest absolute Gasteiger partial charge is 0.488 e. The standard InChI is InChI=1S/C14H10BrF2NO2/c15-11-4-3-10(16)6-13(11)20-7-9-2-1-8(14(18)19)5-12(9)17/h1-6H,7H2,(H2,18,19). The predicted octanol–water partition coefficient (Wildman–Crippen LogP) is 3.41. The summed E-state index contributed by atoms with van der Waals surface area (Å²) in [5.41, 5.74) is 5.37. The molecule has 2 N–H and O–H groups in total. The van der Waals surface area contributed by atoms with Crippen LogP contribution in [0.5, 0.6) is 5.75 Å². The van der Waals surface area contributed by atoms with Crippen LogP contribution in [0.3, 0.4) is 0 Å². The maximum Gasteiger partial charge on any atom is 0.248 e. The summed E-state index contributed by atoms with van der Waals surface area (Å²) in [6.07, 6.45) is 0. The normalized spacial score (nSPS) is 10.3. The van der Waals surface area contributed by atoms with Gasteiger partial charge in [0.2, 0.25) is 5.91 Å². The van der Waals surface area contributed by atoms with Crippen molar-refractivity contribution >= 4 is 21.8 Å². The highest BCUT2D eigenvalue weighted by atomic mass is 79.9. The molecule has 0 radical (unpaired) electrons. The van der Waals surface area contributed by atoms with E-state index in [1.807, 2.05) is 0 Å². The fraction of sp³-hybridized carbons (Fsp3) is 0.0714. The van der Waals surface area contributed by atoms with Crippen molar-refractivity contribution in [1.82, 2.24) is 0 Å². The van der Waals surface area contributed by atoms with Crippen LogP contribution >= 0.6 is 15.9 Å². The molecule has 2 aromatic rings. The lowest BCUT2D eigenvalue weighted by molar-refractivity contribution is 0.0999. The first-order valence-electron chi connectivity index (χ1n) is 5.63. The van der Waals surface area contributed by atoms with Crippen LogP contribution < -0.4 is 10.5 Å². The van der Waals surface area contributed by atoms with E-state index < -0.39 is 17.5 Å². The van der Waals surface area contributed by atoms with Crippen LogP contribution in [-0.2, 0) is 6.61 Å². The molecule has 3 nitrogen and oxygen atoms in total. The molecule has 0 saturated carbocycles. The Kier molecular flexibility index (Phi) is 4.34. The van der Waals surface area contributed by atoms with Gasteiger partial charge in [0.1, 0.15) is 24.0 Å². The Hall–Kier alpha value is -1.95. The van der Waals surface area contributed by atoms with Crippen molar-refractivity contribution in [2.75, 3.05) is 0 Å². The topological polar surface area (TPSA) is 52.3 Å². The monoisotopic (exact) mass is 341 g/mol. The zero-order chi connectivity index (χ0) is 14.7. The van der Waals surface area contributed by atoms with Gasteiger partial charge in [0, 0.05) is 17.2 Å². The van der Waals surface area contributed by atoms with Gasteiger partial charge < -0.3 is 10.5 Å². The molecule has 0 saturated heterocycles. The number of primary amides is 1. The first-order chi connectivity index (χ1) is 9.47. The van der Waals surface area contributed by atoms with Crippen LogP contribution in [0.25, 0.3) is 0 Å². The van der Waals surface area contributed by atoms with E-state index in [1.54, 1.807) is 0 Å². The van der Waals surface area contributed by atoms with Crippen molar-refractivity contribution in [2.45, 2.75) is 6.61 Å². The van der Waals surface area contributed by atoms with Gasteiger partial charge in [-0.25, -0.2) is 8.78 Å². The summed E-state index contributed by atoms with van der Waals surface area (Å²) < 4.78 is 32.7. The second kappa shape index (κ2) is 6.00. The van der Waals surface area contributed by atoms with Crippen LogP contribution in [0.1, 0.15) is 15.9 Å². The zero-order valence-electron chi connectivity index (χ0n) is 10.2. The van der Waals surface area contributed by atoms with Gasteiger partial charge in [-0.2, -0.15) is 0 Å². The van der Waals surface area contributed by atoms with Crippen LogP contribution in [-0.4, -0.2) is 5.91 Å². The number of carbonyl (C=O) groups excluding carboxylic acids is 1. The van der Waals surface area contributed by atoms with E-state index in [0.717, 1.165) is 6.07 Å². The van der Waals surface area contributed by atoms with Gasteiger partial charge in [-0.15, -0.1) is 0 Å². The van der Waals surface area contributed by atoms with Crippen molar-refractivity contribution in [1.29, 1.82) is 0 Å². The number of carbonyl (C=O) groups is 1. The number of rotatable bonds is 4. The molecule has 0 bridgehead atoms. The molecule has 6 heteroatoms. The van der Waals surface area contributed by atoms with Crippen LogP contribution in [0.4, 0.5) is 8.78 Å². The fourth-order valence-corrected chi connectivity index (χ4v) is 1.92. The average Bonchev–Trinajstić information content (AvgIpc) is 2.40. The average molecular weight is 342 g/mol. The van der Waals surface area contributed by atoms with E-state index in [0.29, 0.717) is 4.47 Å². The third-order valence-corrected chi connectivity index (χ3v) is 3.27. The number of ether oxygens (including phenoxy) is 1. The molecule has 104 valence electrons. The summed E-state index contributed by atoms with van der Waals surface area (Å²) in [6.45, 7) is -0.0903. The zero-order valence-corrected chi connectivity index (χ0v) is 11.8. The van der Waals surface area contributed by atoms with Gasteiger partial charge in [-0.05, 0) is 40.2 Å². The molecular weight excluding hydrogens is 332 g/mol. The summed E-state index contributed by atoms with van der Waals surface area (Å²) in [5, 5.41) is 0. The number of hydrogen-bond donors (Lipinski definition) is 1. The Morgan fingerprint density at radius 2 is 1.95 bits per heavy atom. The molecule has 0 aliphatic rings. The van der Waals surface area contributed by atoms with Crippen LogP contribution in [0.2, 0.25) is 0 Å². The SMILES string of the molecule is NC(=O)c1ccc(COc2cc(F)ccc2Br)c(F)c1. The Morgan fingerprint density at radius 1 is 1.20 bits per heavy atom. The first-order valence-corrected chi connectivity index (χ1v) is 6.43. The highest BCUT2D eigenvalue weighted by Gasteiger charge is 2.09. The van der Waals surface area contributed by atoms with E-state index in [2.05, 4.69) is 15.9 Å². The molecule has 20 heavy (non-hydrogen) atoms. The number of benzene rings is 2.